The van der Waals surface area contributed by atoms with Crippen LogP contribution in [0.3, 0.4) is 0 Å². The van der Waals surface area contributed by atoms with Crippen LogP contribution in [0.25, 0.3) is 0 Å². The second kappa shape index (κ2) is 9.85. The smallest absolute Gasteiger partial charge is 0.379 e. The topological polar surface area (TPSA) is 12.5 Å². The predicted molar refractivity (Wildman–Crippen MR) is 75.0 cm³/mol. The molecule has 0 atom stereocenters. The van der Waals surface area contributed by atoms with Crippen LogP contribution in [-0.2, 0) is 11.3 Å². The van der Waals surface area contributed by atoms with Crippen LogP contribution in [0.1, 0.15) is 5.56 Å². The summed E-state index contributed by atoms with van der Waals surface area (Å²) in [5.74, 6) is 0. The Morgan fingerprint density at radius 1 is 1.25 bits per heavy atom. The molecule has 0 N–H and O–H groups in total. The van der Waals surface area contributed by atoms with Crippen molar-refractivity contribution >= 4 is 41.8 Å². The Balaban J connectivity index is 0.000000386. The summed E-state index contributed by atoms with van der Waals surface area (Å²) in [5.41, 5.74) is 1.36. The molecule has 1 aliphatic heterocycles. The Morgan fingerprint density at radius 3 is 2.38 bits per heavy atom. The summed E-state index contributed by atoms with van der Waals surface area (Å²) in [5, 5.41) is 0. The predicted octanol–water partition coefficient (Wildman–Crippen LogP) is 2.63. The van der Waals surface area contributed by atoms with Gasteiger partial charge in [0.05, 0.1) is 13.2 Å². The lowest BCUT2D eigenvalue weighted by molar-refractivity contribution is 0.0342. The van der Waals surface area contributed by atoms with E-state index >= 15 is 0 Å². The van der Waals surface area contributed by atoms with E-state index in [1.165, 1.54) is 5.56 Å². The first-order chi connectivity index (χ1) is 7.86. The SMILES string of the molecule is [Br][Mg][Br].[c]1ccc(CN2CCOCC2)cc1. The minimum absolute atomic E-state index is 0.0417. The van der Waals surface area contributed by atoms with Crippen molar-refractivity contribution in [2.75, 3.05) is 26.3 Å². The van der Waals surface area contributed by atoms with Gasteiger partial charge in [0.2, 0.25) is 0 Å². The molecule has 16 heavy (non-hydrogen) atoms. The summed E-state index contributed by atoms with van der Waals surface area (Å²) in [4.78, 5) is 2.42. The Bertz CT molecular complexity index is 268. The molecule has 0 aromatic heterocycles. The van der Waals surface area contributed by atoms with Crippen LogP contribution in [0, 0.1) is 6.07 Å². The Morgan fingerprint density at radius 2 is 1.81 bits per heavy atom. The molecule has 1 aromatic carbocycles. The monoisotopic (exact) mass is 358 g/mol. The van der Waals surface area contributed by atoms with Gasteiger partial charge < -0.3 is 4.74 Å². The van der Waals surface area contributed by atoms with Crippen LogP contribution in [0.5, 0.6) is 0 Å². The number of morpholine rings is 1. The molecular weight excluding hydrogens is 346 g/mol. The molecule has 1 aromatic rings. The van der Waals surface area contributed by atoms with Gasteiger partial charge in [0.15, 0.2) is 0 Å². The van der Waals surface area contributed by atoms with Crippen molar-refractivity contribution in [2.45, 2.75) is 6.54 Å². The minimum atomic E-state index is 0.0417. The van der Waals surface area contributed by atoms with E-state index in [0.717, 1.165) is 32.8 Å². The molecular formula is C11H14Br2MgNO. The van der Waals surface area contributed by atoms with Crippen LogP contribution in [0.4, 0.5) is 0 Å². The average Bonchev–Trinajstić information content (AvgIpc) is 2.33. The molecule has 5 heteroatoms. The summed E-state index contributed by atoms with van der Waals surface area (Å²) in [6.45, 7) is 4.90. The highest BCUT2D eigenvalue weighted by Gasteiger charge is 2.09. The van der Waals surface area contributed by atoms with Gasteiger partial charge in [-0.1, -0.05) is 24.3 Å². The van der Waals surface area contributed by atoms with Gasteiger partial charge in [0.25, 0.3) is 0 Å². The van der Waals surface area contributed by atoms with Crippen molar-refractivity contribution in [3.8, 4) is 0 Å². The Labute approximate surface area is 119 Å². The molecule has 1 aliphatic rings. The van der Waals surface area contributed by atoms with Crippen LogP contribution >= 0.6 is 25.8 Å². The molecule has 1 fully saturated rings. The van der Waals surface area contributed by atoms with E-state index in [9.17, 15) is 0 Å². The molecule has 1 saturated heterocycles. The maximum absolute atomic E-state index is 5.29. The molecule has 0 amide bonds. The number of hydrogen-bond acceptors (Lipinski definition) is 2. The van der Waals surface area contributed by atoms with Crippen LogP contribution < -0.4 is 0 Å². The van der Waals surface area contributed by atoms with E-state index in [1.54, 1.807) is 0 Å². The molecule has 0 spiro atoms. The first-order valence-corrected chi connectivity index (χ1v) is 13.0. The van der Waals surface area contributed by atoms with Gasteiger partial charge in [0, 0.05) is 19.6 Å². The fraction of sp³-hybridized carbons (Fsp3) is 0.455. The standard InChI is InChI=1S/C11H14NO.2BrH.Mg/c1-2-4-11(5-3-1)10-12-6-8-13-9-7-12;;;/h2-5H,6-10H2;2*1H;/q;;;+2/p-2. The van der Waals surface area contributed by atoms with Gasteiger partial charge >= 0.3 is 16.0 Å². The van der Waals surface area contributed by atoms with E-state index in [0.29, 0.717) is 0 Å². The van der Waals surface area contributed by atoms with Gasteiger partial charge in [0.1, 0.15) is 0 Å². The number of hydrogen-bond donors (Lipinski definition) is 0. The van der Waals surface area contributed by atoms with Crippen molar-refractivity contribution in [3.05, 3.63) is 35.9 Å². The van der Waals surface area contributed by atoms with E-state index < -0.39 is 0 Å². The quantitative estimate of drug-likeness (QED) is 0.752. The molecule has 85 valence electrons. The van der Waals surface area contributed by atoms with Crippen molar-refractivity contribution in [1.82, 2.24) is 4.90 Å². The van der Waals surface area contributed by atoms with Crippen molar-refractivity contribution in [1.29, 1.82) is 0 Å². The van der Waals surface area contributed by atoms with Gasteiger partial charge in [-0.25, -0.2) is 0 Å². The molecule has 1 heterocycles. The van der Waals surface area contributed by atoms with Gasteiger partial charge in [-0.05, 0) is 11.6 Å². The lowest BCUT2D eigenvalue weighted by Gasteiger charge is -2.26. The first-order valence-electron chi connectivity index (χ1n) is 5.24. The maximum Gasteiger partial charge on any atom is 0.560 e. The fourth-order valence-corrected chi connectivity index (χ4v) is 1.54. The van der Waals surface area contributed by atoms with Gasteiger partial charge in [-0.2, -0.15) is 0 Å². The first kappa shape index (κ1) is 14.9. The van der Waals surface area contributed by atoms with Crippen molar-refractivity contribution < 1.29 is 4.74 Å². The normalized spacial score (nSPS) is 15.9. The Kier molecular flexibility index (Phi) is 9.19. The highest BCUT2D eigenvalue weighted by molar-refractivity contribution is 9.47. The molecule has 0 saturated carbocycles. The second-order valence-electron chi connectivity index (χ2n) is 3.40. The third-order valence-corrected chi connectivity index (χ3v) is 2.30. The number of nitrogens with zero attached hydrogens (tertiary/aromatic N) is 1. The zero-order valence-electron chi connectivity index (χ0n) is 9.16. The highest BCUT2D eigenvalue weighted by atomic mass is 79.9. The van der Waals surface area contributed by atoms with Gasteiger partial charge in [-0.3, -0.25) is 30.7 Å². The van der Waals surface area contributed by atoms with Crippen LogP contribution in [-0.4, -0.2) is 47.2 Å². The third kappa shape index (κ3) is 6.56. The van der Waals surface area contributed by atoms with Crippen LogP contribution in [0.15, 0.2) is 24.3 Å². The zero-order chi connectivity index (χ0) is 11.6. The molecule has 0 aliphatic carbocycles. The minimum Gasteiger partial charge on any atom is -0.379 e. The summed E-state index contributed by atoms with van der Waals surface area (Å²) >= 11 is 6.44. The third-order valence-electron chi connectivity index (χ3n) is 2.30. The van der Waals surface area contributed by atoms with Crippen LogP contribution in [0.2, 0.25) is 0 Å². The molecule has 1 radical (unpaired) electrons. The molecule has 2 rings (SSSR count). The number of halogens is 2. The molecule has 2 nitrogen and oxygen atoms in total. The summed E-state index contributed by atoms with van der Waals surface area (Å²) in [7, 11) is 0. The lowest BCUT2D eigenvalue weighted by Crippen LogP contribution is -2.35. The number of ether oxygens (including phenoxy) is 1. The largest absolute Gasteiger partial charge is 0.560 e. The second-order valence-corrected chi connectivity index (χ2v) is 11.5. The van der Waals surface area contributed by atoms with Crippen molar-refractivity contribution in [2.24, 2.45) is 0 Å². The van der Waals surface area contributed by atoms with E-state index in [1.807, 2.05) is 12.1 Å². The highest BCUT2D eigenvalue weighted by Crippen LogP contribution is 2.05. The maximum atomic E-state index is 5.29. The summed E-state index contributed by atoms with van der Waals surface area (Å²) in [6.07, 6.45) is 0. The summed E-state index contributed by atoms with van der Waals surface area (Å²) < 4.78 is 5.29. The number of rotatable bonds is 2. The van der Waals surface area contributed by atoms with Gasteiger partial charge in [-0.15, -0.1) is 0 Å². The number of benzene rings is 1. The lowest BCUT2D eigenvalue weighted by atomic mass is 10.2. The zero-order valence-corrected chi connectivity index (χ0v) is 13.7. The van der Waals surface area contributed by atoms with E-state index in [-0.39, 0.29) is 16.0 Å². The fourth-order valence-electron chi connectivity index (χ4n) is 1.54. The van der Waals surface area contributed by atoms with E-state index in [4.69, 9.17) is 4.74 Å². The summed E-state index contributed by atoms with van der Waals surface area (Å²) in [6, 6.07) is 11.2. The van der Waals surface area contributed by atoms with Crippen molar-refractivity contribution in [3.63, 3.8) is 0 Å². The molecule has 0 bridgehead atoms. The molecule has 0 unspecified atom stereocenters. The average molecular weight is 360 g/mol. The Hall–Kier alpha value is 0.866. The van der Waals surface area contributed by atoms with E-state index in [2.05, 4.69) is 48.9 Å².